The fourth-order valence-corrected chi connectivity index (χ4v) is 5.01. The molecular weight excluding hydrogens is 450 g/mol. The van der Waals surface area contributed by atoms with Crippen molar-refractivity contribution in [1.29, 1.82) is 0 Å². The summed E-state index contributed by atoms with van der Waals surface area (Å²) in [4.78, 5) is 4.06. The standard InChI is InChI=1S/C26H27N3O4S/c27-29-28-23-25(32-18-20-12-6-2-7-13-20)24(31-17-19-10-4-1-5-11-19)22(16-30)33-26(23)34-21-14-8-3-9-15-21/h1-15,22-26,30H,16-18H2/t22-,23?,24-,25-,26+/m1/s1. The third kappa shape index (κ3) is 6.39. The minimum Gasteiger partial charge on any atom is -0.394 e. The number of hydrogen-bond acceptors (Lipinski definition) is 6. The van der Waals surface area contributed by atoms with E-state index in [1.165, 1.54) is 11.8 Å². The molecule has 3 aromatic carbocycles. The van der Waals surface area contributed by atoms with Gasteiger partial charge in [0.25, 0.3) is 0 Å². The van der Waals surface area contributed by atoms with Crippen molar-refractivity contribution in [3.05, 3.63) is 113 Å². The second kappa shape index (κ2) is 12.6. The molecule has 1 fully saturated rings. The number of nitrogens with zero attached hydrogens (tertiary/aromatic N) is 3. The van der Waals surface area contributed by atoms with Crippen LogP contribution in [0.3, 0.4) is 0 Å². The highest BCUT2D eigenvalue weighted by atomic mass is 32.2. The van der Waals surface area contributed by atoms with E-state index in [9.17, 15) is 10.6 Å². The Morgan fingerprint density at radius 2 is 1.35 bits per heavy atom. The van der Waals surface area contributed by atoms with Crippen LogP contribution in [0, 0.1) is 0 Å². The molecule has 0 bridgehead atoms. The van der Waals surface area contributed by atoms with Crippen LogP contribution in [0.5, 0.6) is 0 Å². The van der Waals surface area contributed by atoms with Gasteiger partial charge in [0, 0.05) is 9.81 Å². The van der Waals surface area contributed by atoms with Crippen molar-refractivity contribution < 1.29 is 19.3 Å². The Bertz CT molecular complexity index is 1050. The predicted octanol–water partition coefficient (Wildman–Crippen LogP) is 5.35. The van der Waals surface area contributed by atoms with Crippen LogP contribution in [-0.2, 0) is 27.4 Å². The minimum atomic E-state index is -0.664. The summed E-state index contributed by atoms with van der Waals surface area (Å²) in [5, 5.41) is 14.3. The Kier molecular flexibility index (Phi) is 8.98. The fraction of sp³-hybridized carbons (Fsp3) is 0.308. The smallest absolute Gasteiger partial charge is 0.119 e. The van der Waals surface area contributed by atoms with E-state index in [1.54, 1.807) is 0 Å². The molecule has 1 saturated heterocycles. The minimum absolute atomic E-state index is 0.251. The van der Waals surface area contributed by atoms with Crippen molar-refractivity contribution in [3.8, 4) is 0 Å². The Hall–Kier alpha value is -2.84. The van der Waals surface area contributed by atoms with Gasteiger partial charge >= 0.3 is 0 Å². The predicted molar refractivity (Wildman–Crippen MR) is 131 cm³/mol. The molecule has 1 aliphatic heterocycles. The van der Waals surface area contributed by atoms with Crippen LogP contribution in [0.1, 0.15) is 11.1 Å². The van der Waals surface area contributed by atoms with Gasteiger partial charge in [-0.3, -0.25) is 0 Å². The van der Waals surface area contributed by atoms with E-state index in [0.717, 1.165) is 16.0 Å². The first-order chi connectivity index (χ1) is 16.8. The third-order valence-electron chi connectivity index (χ3n) is 5.55. The Labute approximate surface area is 203 Å². The van der Waals surface area contributed by atoms with E-state index in [1.807, 2.05) is 91.0 Å². The largest absolute Gasteiger partial charge is 0.394 e. The van der Waals surface area contributed by atoms with Crippen molar-refractivity contribution in [1.82, 2.24) is 0 Å². The number of rotatable bonds is 10. The number of hydrogen-bond donors (Lipinski definition) is 1. The van der Waals surface area contributed by atoms with Crippen molar-refractivity contribution in [2.45, 2.75) is 47.9 Å². The van der Waals surface area contributed by atoms with Crippen molar-refractivity contribution in [2.75, 3.05) is 6.61 Å². The summed E-state index contributed by atoms with van der Waals surface area (Å²) in [6, 6.07) is 28.6. The number of aliphatic hydroxyl groups excluding tert-OH is 1. The first-order valence-electron chi connectivity index (χ1n) is 11.1. The summed E-state index contributed by atoms with van der Waals surface area (Å²) >= 11 is 1.44. The van der Waals surface area contributed by atoms with Crippen LogP contribution in [0.4, 0.5) is 0 Å². The highest BCUT2D eigenvalue weighted by Crippen LogP contribution is 2.37. The molecule has 1 aliphatic rings. The summed E-state index contributed by atoms with van der Waals surface area (Å²) in [6.07, 6.45) is -1.89. The lowest BCUT2D eigenvalue weighted by molar-refractivity contribution is -0.206. The van der Waals surface area contributed by atoms with Gasteiger partial charge in [-0.1, -0.05) is 95.7 Å². The molecule has 3 aromatic rings. The Morgan fingerprint density at radius 3 is 1.88 bits per heavy atom. The van der Waals surface area contributed by atoms with Gasteiger partial charge in [-0.25, -0.2) is 0 Å². The number of benzene rings is 3. The summed E-state index contributed by atoms with van der Waals surface area (Å²) in [5.41, 5.74) is 10.8. The molecule has 0 radical (unpaired) electrons. The number of aliphatic hydroxyl groups is 1. The summed E-state index contributed by atoms with van der Waals surface area (Å²) in [7, 11) is 0. The van der Waals surface area contributed by atoms with Gasteiger partial charge in [-0.15, -0.1) is 0 Å². The number of ether oxygens (including phenoxy) is 3. The highest BCUT2D eigenvalue weighted by molar-refractivity contribution is 7.99. The third-order valence-corrected chi connectivity index (χ3v) is 6.71. The molecule has 1 unspecified atom stereocenters. The zero-order chi connectivity index (χ0) is 23.6. The maximum Gasteiger partial charge on any atom is 0.119 e. The summed E-state index contributed by atoms with van der Waals surface area (Å²) in [6.45, 7) is 0.380. The van der Waals surface area contributed by atoms with Crippen molar-refractivity contribution >= 4 is 11.8 Å². The van der Waals surface area contributed by atoms with Crippen molar-refractivity contribution in [3.63, 3.8) is 0 Å². The Morgan fingerprint density at radius 1 is 0.824 bits per heavy atom. The lowest BCUT2D eigenvalue weighted by Crippen LogP contribution is -2.58. The molecule has 0 amide bonds. The van der Waals surface area contributed by atoms with Crippen LogP contribution >= 0.6 is 11.8 Å². The van der Waals surface area contributed by atoms with E-state index in [2.05, 4.69) is 10.0 Å². The van der Waals surface area contributed by atoms with Gasteiger partial charge in [0.1, 0.15) is 23.7 Å². The van der Waals surface area contributed by atoms with Gasteiger partial charge in [0.15, 0.2) is 0 Å². The topological polar surface area (TPSA) is 96.7 Å². The average molecular weight is 478 g/mol. The molecule has 1 heterocycles. The zero-order valence-electron chi connectivity index (χ0n) is 18.6. The molecule has 0 saturated carbocycles. The van der Waals surface area contributed by atoms with Gasteiger partial charge in [0.2, 0.25) is 0 Å². The van der Waals surface area contributed by atoms with Crippen LogP contribution in [0.2, 0.25) is 0 Å². The van der Waals surface area contributed by atoms with E-state index in [-0.39, 0.29) is 6.61 Å². The molecule has 5 atom stereocenters. The molecule has 0 aliphatic carbocycles. The first-order valence-corrected chi connectivity index (χ1v) is 12.0. The second-order valence-corrected chi connectivity index (χ2v) is 9.05. The molecule has 4 rings (SSSR count). The fourth-order valence-electron chi connectivity index (χ4n) is 3.88. The van der Waals surface area contributed by atoms with Gasteiger partial charge in [-0.05, 0) is 28.8 Å². The van der Waals surface area contributed by atoms with Crippen LogP contribution in [0.15, 0.2) is 101 Å². The lowest BCUT2D eigenvalue weighted by Gasteiger charge is -2.44. The van der Waals surface area contributed by atoms with Crippen LogP contribution in [-0.4, -0.2) is 41.5 Å². The van der Waals surface area contributed by atoms with E-state index < -0.39 is 29.8 Å². The normalized spacial score (nSPS) is 24.3. The SMILES string of the molecule is [N-]=[N+]=NC1[C@@H](OCc2ccccc2)[C@H](OCc2ccccc2)[C@@H](CO)O[C@H]1Sc1ccccc1. The summed E-state index contributed by atoms with van der Waals surface area (Å²) < 4.78 is 18.8. The molecule has 8 heteroatoms. The summed E-state index contributed by atoms with van der Waals surface area (Å²) in [5.74, 6) is 0. The molecule has 7 nitrogen and oxygen atoms in total. The van der Waals surface area contributed by atoms with Crippen LogP contribution < -0.4 is 0 Å². The Balaban J connectivity index is 1.60. The zero-order valence-corrected chi connectivity index (χ0v) is 19.4. The quantitative estimate of drug-likeness (QED) is 0.241. The van der Waals surface area contributed by atoms with E-state index in [0.29, 0.717) is 13.2 Å². The average Bonchev–Trinajstić information content (AvgIpc) is 2.89. The molecule has 0 spiro atoms. The molecule has 1 N–H and O–H groups in total. The van der Waals surface area contributed by atoms with E-state index >= 15 is 0 Å². The van der Waals surface area contributed by atoms with Crippen molar-refractivity contribution in [2.24, 2.45) is 5.11 Å². The highest BCUT2D eigenvalue weighted by Gasteiger charge is 2.47. The maximum absolute atomic E-state index is 10.2. The first kappa shape index (κ1) is 24.3. The van der Waals surface area contributed by atoms with E-state index in [4.69, 9.17) is 14.2 Å². The lowest BCUT2D eigenvalue weighted by atomic mass is 9.98. The molecule has 34 heavy (non-hydrogen) atoms. The van der Waals surface area contributed by atoms with Gasteiger partial charge in [-0.2, -0.15) is 0 Å². The number of thioether (sulfide) groups is 1. The molecular formula is C26H27N3O4S. The molecule has 0 aromatic heterocycles. The van der Waals surface area contributed by atoms with Gasteiger partial charge < -0.3 is 19.3 Å². The monoisotopic (exact) mass is 477 g/mol. The number of azide groups is 1. The second-order valence-electron chi connectivity index (χ2n) is 7.87. The molecule has 176 valence electrons. The van der Waals surface area contributed by atoms with Crippen LogP contribution in [0.25, 0.3) is 10.4 Å². The maximum atomic E-state index is 10.2. The van der Waals surface area contributed by atoms with Gasteiger partial charge in [0.05, 0.1) is 25.9 Å².